The zero-order chi connectivity index (χ0) is 21.4. The maximum absolute atomic E-state index is 12.5. The maximum atomic E-state index is 12.5. The third kappa shape index (κ3) is 3.96. The van der Waals surface area contributed by atoms with Gasteiger partial charge in [-0.05, 0) is 42.8 Å². The van der Waals surface area contributed by atoms with Crippen molar-refractivity contribution in [1.82, 2.24) is 20.1 Å². The number of benzene rings is 1. The van der Waals surface area contributed by atoms with Gasteiger partial charge in [-0.3, -0.25) is 9.59 Å². The van der Waals surface area contributed by atoms with Crippen LogP contribution in [0, 0.1) is 12.8 Å². The SMILES string of the molecule is Cc1ccc2nc(N3CC(C(=O)NCCn4nc(-c5ccco5)ccc4=O)C3)sc2c1. The van der Waals surface area contributed by atoms with E-state index in [4.69, 9.17) is 4.42 Å². The van der Waals surface area contributed by atoms with Gasteiger partial charge in [-0.2, -0.15) is 5.10 Å². The van der Waals surface area contributed by atoms with Crippen molar-refractivity contribution in [3.05, 3.63) is 64.6 Å². The van der Waals surface area contributed by atoms with Crippen LogP contribution in [-0.2, 0) is 11.3 Å². The summed E-state index contributed by atoms with van der Waals surface area (Å²) in [6.45, 7) is 4.00. The normalized spacial score (nSPS) is 14.0. The molecule has 0 bridgehead atoms. The van der Waals surface area contributed by atoms with E-state index in [2.05, 4.69) is 39.4 Å². The molecule has 31 heavy (non-hydrogen) atoms. The molecule has 8 nitrogen and oxygen atoms in total. The lowest BCUT2D eigenvalue weighted by Gasteiger charge is -2.37. The van der Waals surface area contributed by atoms with Crippen LogP contribution in [0.5, 0.6) is 0 Å². The minimum Gasteiger partial charge on any atom is -0.463 e. The molecule has 5 rings (SSSR count). The van der Waals surface area contributed by atoms with E-state index >= 15 is 0 Å². The first-order chi connectivity index (χ1) is 15.1. The molecule has 1 saturated heterocycles. The standard InChI is InChI=1S/C22H21N5O3S/c1-14-4-5-17-19(11-14)31-22(24-17)26-12-15(13-26)21(29)23-8-9-27-20(28)7-6-16(25-27)18-3-2-10-30-18/h2-7,10-11,15H,8-9,12-13H2,1H3,(H,23,29). The van der Waals surface area contributed by atoms with Crippen LogP contribution in [-0.4, -0.2) is 40.3 Å². The van der Waals surface area contributed by atoms with Gasteiger partial charge in [0.15, 0.2) is 10.9 Å². The van der Waals surface area contributed by atoms with Crippen molar-refractivity contribution < 1.29 is 9.21 Å². The number of hydrogen-bond acceptors (Lipinski definition) is 7. The Morgan fingerprint density at radius 2 is 2.13 bits per heavy atom. The number of thiazole rings is 1. The molecule has 1 aliphatic heterocycles. The monoisotopic (exact) mass is 435 g/mol. The minimum atomic E-state index is -0.217. The largest absolute Gasteiger partial charge is 0.463 e. The number of fused-ring (bicyclic) bond motifs is 1. The molecular weight excluding hydrogens is 414 g/mol. The molecule has 1 aliphatic rings. The van der Waals surface area contributed by atoms with E-state index in [1.165, 1.54) is 16.3 Å². The highest BCUT2D eigenvalue weighted by Crippen LogP contribution is 2.33. The number of nitrogens with one attached hydrogen (secondary N) is 1. The number of aryl methyl sites for hydroxylation is 1. The van der Waals surface area contributed by atoms with Crippen LogP contribution in [0.1, 0.15) is 5.56 Å². The third-order valence-electron chi connectivity index (χ3n) is 5.32. The summed E-state index contributed by atoms with van der Waals surface area (Å²) >= 11 is 1.66. The first-order valence-corrected chi connectivity index (χ1v) is 10.9. The van der Waals surface area contributed by atoms with Gasteiger partial charge in [0, 0.05) is 25.7 Å². The summed E-state index contributed by atoms with van der Waals surface area (Å²) in [5.41, 5.74) is 2.57. The molecule has 0 unspecified atom stereocenters. The lowest BCUT2D eigenvalue weighted by atomic mass is 10.0. The van der Waals surface area contributed by atoms with Crippen molar-refractivity contribution in [2.75, 3.05) is 24.5 Å². The summed E-state index contributed by atoms with van der Waals surface area (Å²) in [4.78, 5) is 31.3. The molecule has 0 spiro atoms. The fourth-order valence-corrected chi connectivity index (χ4v) is 4.63. The van der Waals surface area contributed by atoms with Crippen LogP contribution in [0.2, 0.25) is 0 Å². The zero-order valence-electron chi connectivity index (χ0n) is 16.9. The second kappa shape index (κ2) is 7.99. The first-order valence-electron chi connectivity index (χ1n) is 10.1. The highest BCUT2D eigenvalue weighted by atomic mass is 32.1. The Hall–Kier alpha value is -3.46. The Balaban J connectivity index is 1.14. The average Bonchev–Trinajstić information content (AvgIpc) is 3.38. The molecule has 1 aromatic carbocycles. The number of hydrogen-bond donors (Lipinski definition) is 1. The Labute approximate surface area is 182 Å². The van der Waals surface area contributed by atoms with Crippen molar-refractivity contribution in [3.63, 3.8) is 0 Å². The van der Waals surface area contributed by atoms with Gasteiger partial charge in [-0.15, -0.1) is 0 Å². The van der Waals surface area contributed by atoms with Gasteiger partial charge in [0.1, 0.15) is 5.69 Å². The van der Waals surface area contributed by atoms with Gasteiger partial charge < -0.3 is 14.6 Å². The van der Waals surface area contributed by atoms with Gasteiger partial charge >= 0.3 is 0 Å². The van der Waals surface area contributed by atoms with Gasteiger partial charge in [0.25, 0.3) is 5.56 Å². The Kier molecular flexibility index (Phi) is 5.03. The summed E-state index contributed by atoms with van der Waals surface area (Å²) in [7, 11) is 0. The van der Waals surface area contributed by atoms with Crippen molar-refractivity contribution in [1.29, 1.82) is 0 Å². The maximum Gasteiger partial charge on any atom is 0.266 e. The topological polar surface area (TPSA) is 93.3 Å². The fraction of sp³-hybridized carbons (Fsp3) is 0.273. The van der Waals surface area contributed by atoms with Crippen molar-refractivity contribution >= 4 is 32.6 Å². The molecule has 0 radical (unpaired) electrons. The molecule has 0 saturated carbocycles. The van der Waals surface area contributed by atoms with Crippen LogP contribution >= 0.6 is 11.3 Å². The molecule has 9 heteroatoms. The highest BCUT2D eigenvalue weighted by Gasteiger charge is 2.34. The van der Waals surface area contributed by atoms with Crippen LogP contribution < -0.4 is 15.8 Å². The van der Waals surface area contributed by atoms with E-state index in [-0.39, 0.29) is 17.4 Å². The van der Waals surface area contributed by atoms with Gasteiger partial charge in [-0.25, -0.2) is 9.67 Å². The Bertz CT molecular complexity index is 1290. The number of amides is 1. The Morgan fingerprint density at radius 3 is 2.94 bits per heavy atom. The van der Waals surface area contributed by atoms with Crippen molar-refractivity contribution in [2.45, 2.75) is 13.5 Å². The number of anilines is 1. The predicted molar refractivity (Wildman–Crippen MR) is 119 cm³/mol. The summed E-state index contributed by atoms with van der Waals surface area (Å²) in [5, 5.41) is 8.18. The van der Waals surface area contributed by atoms with Gasteiger partial charge in [-0.1, -0.05) is 17.4 Å². The molecule has 4 aromatic rings. The molecule has 1 amide bonds. The van der Waals surface area contributed by atoms with Crippen LogP contribution in [0.15, 0.2) is 57.9 Å². The van der Waals surface area contributed by atoms with E-state index in [0.29, 0.717) is 37.6 Å². The van der Waals surface area contributed by atoms with E-state index in [9.17, 15) is 9.59 Å². The number of carbonyl (C=O) groups is 1. The molecule has 0 atom stereocenters. The predicted octanol–water partition coefficient (Wildman–Crippen LogP) is 2.67. The smallest absolute Gasteiger partial charge is 0.266 e. The minimum absolute atomic E-state index is 0.0107. The zero-order valence-corrected chi connectivity index (χ0v) is 17.8. The van der Waals surface area contributed by atoms with Crippen molar-refractivity contribution in [3.8, 4) is 11.5 Å². The first kappa shape index (κ1) is 19.5. The molecule has 3 aromatic heterocycles. The summed E-state index contributed by atoms with van der Waals surface area (Å²) in [6.07, 6.45) is 1.56. The summed E-state index contributed by atoms with van der Waals surface area (Å²) in [6, 6.07) is 12.9. The van der Waals surface area contributed by atoms with Crippen LogP contribution in [0.4, 0.5) is 5.13 Å². The van der Waals surface area contributed by atoms with Gasteiger partial charge in [0.2, 0.25) is 5.91 Å². The molecular formula is C22H21N5O3S. The quantitative estimate of drug-likeness (QED) is 0.501. The van der Waals surface area contributed by atoms with E-state index in [0.717, 1.165) is 15.3 Å². The van der Waals surface area contributed by atoms with Crippen LogP contribution in [0.3, 0.4) is 0 Å². The van der Waals surface area contributed by atoms with E-state index < -0.39 is 0 Å². The number of aromatic nitrogens is 3. The average molecular weight is 436 g/mol. The fourth-order valence-electron chi connectivity index (χ4n) is 3.55. The number of nitrogens with zero attached hydrogens (tertiary/aromatic N) is 4. The highest BCUT2D eigenvalue weighted by molar-refractivity contribution is 7.22. The Morgan fingerprint density at radius 1 is 1.26 bits per heavy atom. The molecule has 1 N–H and O–H groups in total. The number of rotatable bonds is 6. The molecule has 4 heterocycles. The van der Waals surface area contributed by atoms with Crippen LogP contribution in [0.25, 0.3) is 21.7 Å². The van der Waals surface area contributed by atoms with Crippen molar-refractivity contribution in [2.24, 2.45) is 5.92 Å². The summed E-state index contributed by atoms with van der Waals surface area (Å²) < 4.78 is 7.83. The number of furan rings is 1. The molecule has 1 fully saturated rings. The third-order valence-corrected chi connectivity index (χ3v) is 6.40. The second-order valence-electron chi connectivity index (χ2n) is 7.62. The molecule has 158 valence electrons. The van der Waals surface area contributed by atoms with Gasteiger partial charge in [0.05, 0.1) is 28.9 Å². The molecule has 0 aliphatic carbocycles. The lowest BCUT2D eigenvalue weighted by Crippen LogP contribution is -2.54. The van der Waals surface area contributed by atoms with E-state index in [1.807, 2.05) is 6.07 Å². The summed E-state index contributed by atoms with van der Waals surface area (Å²) in [5.74, 6) is 0.508. The lowest BCUT2D eigenvalue weighted by molar-refractivity contribution is -0.125. The second-order valence-corrected chi connectivity index (χ2v) is 8.63. The van der Waals surface area contributed by atoms with E-state index in [1.54, 1.807) is 35.8 Å². The number of carbonyl (C=O) groups excluding carboxylic acids is 1.